The summed E-state index contributed by atoms with van der Waals surface area (Å²) in [6.07, 6.45) is -1.48. The number of fused-ring (bicyclic) bond motifs is 1. The maximum absolute atomic E-state index is 14.0. The van der Waals surface area contributed by atoms with E-state index in [1.165, 1.54) is 13.3 Å². The Balaban J connectivity index is 1.39. The molecular formula is C26H28F3N7O2. The third-order valence-electron chi connectivity index (χ3n) is 6.80. The topological polar surface area (TPSA) is 80.8 Å². The highest BCUT2D eigenvalue weighted by Gasteiger charge is 2.36. The second-order valence-electron chi connectivity index (χ2n) is 9.21. The second-order valence-corrected chi connectivity index (χ2v) is 9.21. The predicted octanol–water partition coefficient (Wildman–Crippen LogP) is 3.91. The number of ether oxygens (including phenoxy) is 1. The van der Waals surface area contributed by atoms with Crippen LogP contribution < -0.4 is 4.74 Å². The summed E-state index contributed by atoms with van der Waals surface area (Å²) in [5.41, 5.74) is 1.60. The molecule has 4 heterocycles. The Morgan fingerprint density at radius 3 is 2.42 bits per heavy atom. The summed E-state index contributed by atoms with van der Waals surface area (Å²) in [5.74, 6) is 0.182. The van der Waals surface area contributed by atoms with Gasteiger partial charge in [0.25, 0.3) is 5.91 Å². The number of amides is 1. The van der Waals surface area contributed by atoms with E-state index in [1.807, 2.05) is 24.7 Å². The van der Waals surface area contributed by atoms with E-state index in [9.17, 15) is 18.0 Å². The molecule has 1 aliphatic rings. The van der Waals surface area contributed by atoms with Crippen LogP contribution in [-0.2, 0) is 19.3 Å². The van der Waals surface area contributed by atoms with E-state index in [1.54, 1.807) is 29.2 Å². The highest BCUT2D eigenvalue weighted by Crippen LogP contribution is 2.33. The number of hydrogen-bond donors (Lipinski definition) is 0. The van der Waals surface area contributed by atoms with Gasteiger partial charge in [-0.05, 0) is 44.2 Å². The van der Waals surface area contributed by atoms with Crippen LogP contribution in [0.3, 0.4) is 0 Å². The molecule has 0 saturated carbocycles. The lowest BCUT2D eigenvalue weighted by atomic mass is 10.1. The summed E-state index contributed by atoms with van der Waals surface area (Å²) in [7, 11) is 1.51. The highest BCUT2D eigenvalue weighted by atomic mass is 19.4. The van der Waals surface area contributed by atoms with Crippen molar-refractivity contribution in [1.29, 1.82) is 0 Å². The van der Waals surface area contributed by atoms with Gasteiger partial charge in [0, 0.05) is 56.6 Å². The summed E-state index contributed by atoms with van der Waals surface area (Å²) in [6.45, 7) is 7.71. The smallest absolute Gasteiger partial charge is 0.433 e. The Morgan fingerprint density at radius 2 is 1.82 bits per heavy atom. The first kappa shape index (κ1) is 25.7. The van der Waals surface area contributed by atoms with Crippen LogP contribution in [0.15, 0.2) is 42.7 Å². The number of aromatic nitrogens is 5. The van der Waals surface area contributed by atoms with Gasteiger partial charge in [-0.1, -0.05) is 0 Å². The summed E-state index contributed by atoms with van der Waals surface area (Å²) in [4.78, 5) is 21.8. The van der Waals surface area contributed by atoms with Crippen LogP contribution in [0.4, 0.5) is 13.2 Å². The zero-order valence-corrected chi connectivity index (χ0v) is 21.4. The minimum Gasteiger partial charge on any atom is -0.497 e. The summed E-state index contributed by atoms with van der Waals surface area (Å²) < 4.78 is 49.6. The molecule has 1 aliphatic heterocycles. The van der Waals surface area contributed by atoms with Crippen molar-refractivity contribution in [2.75, 3.05) is 33.3 Å². The number of aryl methyl sites for hydroxylation is 2. The number of carbonyl (C=O) groups excluding carboxylic acids is 1. The molecule has 0 aliphatic carbocycles. The van der Waals surface area contributed by atoms with Crippen molar-refractivity contribution < 1.29 is 22.7 Å². The molecule has 0 unspecified atom stereocenters. The highest BCUT2D eigenvalue weighted by molar-refractivity contribution is 6.00. The number of piperazine rings is 1. The van der Waals surface area contributed by atoms with Crippen molar-refractivity contribution in [3.63, 3.8) is 0 Å². The maximum atomic E-state index is 14.0. The largest absolute Gasteiger partial charge is 0.497 e. The maximum Gasteiger partial charge on any atom is 0.433 e. The van der Waals surface area contributed by atoms with Crippen LogP contribution in [-0.4, -0.2) is 73.4 Å². The monoisotopic (exact) mass is 527 g/mol. The third kappa shape index (κ3) is 4.95. The number of hydrogen-bond acceptors (Lipinski definition) is 6. The molecule has 5 rings (SSSR count). The standard InChI is InChI=1S/C26H28F3N7O2/c1-4-35-16-19(17(2)32-35)15-33-9-11-34(12-10-33)25(37)21-14-30-36-23(26(27,28)29)13-22(31-24(21)36)18-5-7-20(38-3)8-6-18/h5-8,13-14,16H,4,9-12,15H2,1-3H3. The Morgan fingerprint density at radius 1 is 1.11 bits per heavy atom. The molecule has 0 bridgehead atoms. The second kappa shape index (κ2) is 10.1. The van der Waals surface area contributed by atoms with Gasteiger partial charge in [-0.25, -0.2) is 9.50 Å². The average Bonchev–Trinajstić information content (AvgIpc) is 3.50. The average molecular weight is 528 g/mol. The lowest BCUT2D eigenvalue weighted by molar-refractivity contribution is -0.142. The minimum absolute atomic E-state index is 0.0411. The quantitative estimate of drug-likeness (QED) is 0.378. The number of alkyl halides is 3. The van der Waals surface area contributed by atoms with Gasteiger partial charge in [0.2, 0.25) is 0 Å². The molecule has 38 heavy (non-hydrogen) atoms. The van der Waals surface area contributed by atoms with Crippen LogP contribution in [0.1, 0.15) is 34.2 Å². The van der Waals surface area contributed by atoms with Crippen LogP contribution in [0, 0.1) is 6.92 Å². The fourth-order valence-corrected chi connectivity index (χ4v) is 4.62. The number of carbonyl (C=O) groups is 1. The first-order chi connectivity index (χ1) is 18.2. The van der Waals surface area contributed by atoms with E-state index >= 15 is 0 Å². The molecule has 9 nitrogen and oxygen atoms in total. The minimum atomic E-state index is -4.69. The van der Waals surface area contributed by atoms with Crippen molar-refractivity contribution in [1.82, 2.24) is 34.2 Å². The fraction of sp³-hybridized carbons (Fsp3) is 0.385. The third-order valence-corrected chi connectivity index (χ3v) is 6.80. The molecule has 0 atom stereocenters. The Bertz CT molecular complexity index is 1450. The lowest BCUT2D eigenvalue weighted by Gasteiger charge is -2.34. The van der Waals surface area contributed by atoms with Crippen LogP contribution in [0.25, 0.3) is 16.9 Å². The lowest BCUT2D eigenvalue weighted by Crippen LogP contribution is -2.48. The van der Waals surface area contributed by atoms with Gasteiger partial charge in [-0.2, -0.15) is 23.4 Å². The SMILES string of the molecule is CCn1cc(CN2CCN(C(=O)c3cnn4c(C(F)(F)F)cc(-c5ccc(OC)cc5)nc34)CC2)c(C)n1. The van der Waals surface area contributed by atoms with Gasteiger partial charge in [0.1, 0.15) is 11.3 Å². The van der Waals surface area contributed by atoms with E-state index in [0.29, 0.717) is 42.0 Å². The van der Waals surface area contributed by atoms with Crippen LogP contribution in [0.2, 0.25) is 0 Å². The zero-order chi connectivity index (χ0) is 27.0. The summed E-state index contributed by atoms with van der Waals surface area (Å²) in [6, 6.07) is 7.48. The number of nitrogens with zero attached hydrogens (tertiary/aromatic N) is 7. The fourth-order valence-electron chi connectivity index (χ4n) is 4.62. The van der Waals surface area contributed by atoms with Crippen molar-refractivity contribution in [2.24, 2.45) is 0 Å². The van der Waals surface area contributed by atoms with Crippen molar-refractivity contribution in [3.8, 4) is 17.0 Å². The molecule has 0 N–H and O–H groups in total. The number of halogens is 3. The van der Waals surface area contributed by atoms with E-state index in [2.05, 4.69) is 20.1 Å². The Labute approximate surface area is 217 Å². The first-order valence-corrected chi connectivity index (χ1v) is 12.3. The van der Waals surface area contributed by atoms with E-state index in [0.717, 1.165) is 30.4 Å². The molecule has 200 valence electrons. The summed E-state index contributed by atoms with van der Waals surface area (Å²) >= 11 is 0. The molecule has 12 heteroatoms. The van der Waals surface area contributed by atoms with Gasteiger partial charge in [-0.15, -0.1) is 0 Å². The Kier molecular flexibility index (Phi) is 6.82. The van der Waals surface area contributed by atoms with Gasteiger partial charge in [0.15, 0.2) is 11.3 Å². The number of rotatable bonds is 6. The molecule has 1 aromatic carbocycles. The van der Waals surface area contributed by atoms with E-state index in [4.69, 9.17) is 4.74 Å². The van der Waals surface area contributed by atoms with Crippen molar-refractivity contribution in [2.45, 2.75) is 33.1 Å². The first-order valence-electron chi connectivity index (χ1n) is 12.3. The predicted molar refractivity (Wildman–Crippen MR) is 134 cm³/mol. The summed E-state index contributed by atoms with van der Waals surface area (Å²) in [5, 5.41) is 8.39. The molecule has 0 spiro atoms. The van der Waals surface area contributed by atoms with Gasteiger partial charge >= 0.3 is 6.18 Å². The molecular weight excluding hydrogens is 499 g/mol. The van der Waals surface area contributed by atoms with Gasteiger partial charge in [0.05, 0.1) is 24.7 Å². The van der Waals surface area contributed by atoms with Crippen LogP contribution in [0.5, 0.6) is 5.75 Å². The molecule has 1 fully saturated rings. The number of benzene rings is 1. The van der Waals surface area contributed by atoms with Crippen molar-refractivity contribution in [3.05, 3.63) is 65.2 Å². The molecule has 0 radical (unpaired) electrons. The van der Waals surface area contributed by atoms with Crippen molar-refractivity contribution >= 4 is 11.6 Å². The zero-order valence-electron chi connectivity index (χ0n) is 21.4. The molecule has 1 saturated heterocycles. The van der Waals surface area contributed by atoms with E-state index < -0.39 is 11.9 Å². The molecule has 3 aromatic heterocycles. The van der Waals surface area contributed by atoms with Crippen LogP contribution >= 0.6 is 0 Å². The Hall–Kier alpha value is -3.93. The van der Waals surface area contributed by atoms with Gasteiger partial charge in [-0.3, -0.25) is 14.4 Å². The van der Waals surface area contributed by atoms with E-state index in [-0.39, 0.29) is 22.8 Å². The molecule has 1 amide bonds. The normalized spacial score (nSPS) is 14.8. The molecule has 4 aromatic rings. The van der Waals surface area contributed by atoms with Gasteiger partial charge < -0.3 is 9.64 Å². The number of methoxy groups -OCH3 is 1.